The SMILES string of the molecule is CCCCc1ccc(C(=O)[O-])nc1.CCCCc1ccc(C(=O)[O-])nc1.[Cu+2]. The van der Waals surface area contributed by atoms with Crippen molar-refractivity contribution in [3.8, 4) is 0 Å². The summed E-state index contributed by atoms with van der Waals surface area (Å²) in [6, 6.07) is 6.54. The molecular weight excluding hydrogens is 396 g/mol. The molecule has 0 aliphatic carbocycles. The van der Waals surface area contributed by atoms with Gasteiger partial charge in [-0.3, -0.25) is 9.97 Å². The van der Waals surface area contributed by atoms with Crippen LogP contribution in [0.4, 0.5) is 0 Å². The fraction of sp³-hybridized carbons (Fsp3) is 0.400. The number of aromatic carboxylic acids is 2. The number of carbonyl (C=O) groups is 2. The maximum absolute atomic E-state index is 10.4. The molecule has 0 N–H and O–H groups in total. The summed E-state index contributed by atoms with van der Waals surface area (Å²) < 4.78 is 0. The average Bonchev–Trinajstić information content (AvgIpc) is 2.66. The van der Waals surface area contributed by atoms with E-state index in [2.05, 4.69) is 23.8 Å². The summed E-state index contributed by atoms with van der Waals surface area (Å²) >= 11 is 0. The number of aromatic nitrogens is 2. The maximum Gasteiger partial charge on any atom is 2.00 e. The third kappa shape index (κ3) is 9.87. The summed E-state index contributed by atoms with van der Waals surface area (Å²) in [6.45, 7) is 4.23. The molecule has 0 aliphatic heterocycles. The Labute approximate surface area is 170 Å². The van der Waals surface area contributed by atoms with Crippen molar-refractivity contribution < 1.29 is 36.9 Å². The van der Waals surface area contributed by atoms with Gasteiger partial charge in [-0.25, -0.2) is 0 Å². The summed E-state index contributed by atoms with van der Waals surface area (Å²) in [7, 11) is 0. The van der Waals surface area contributed by atoms with Crippen molar-refractivity contribution >= 4 is 11.9 Å². The first kappa shape index (κ1) is 24.8. The summed E-state index contributed by atoms with van der Waals surface area (Å²) in [4.78, 5) is 28.2. The van der Waals surface area contributed by atoms with Gasteiger partial charge in [0.2, 0.25) is 0 Å². The van der Waals surface area contributed by atoms with E-state index in [0.717, 1.165) is 49.7 Å². The minimum Gasteiger partial charge on any atom is -0.543 e. The molecule has 149 valence electrons. The number of carboxylic acid groups (broad SMARTS) is 2. The standard InChI is InChI=1S/2C10H13NO2.Cu/c2*1-2-3-4-8-5-6-9(10(12)13)11-7-8;/h2*5-7H,2-4H2,1H3,(H,12,13);/q;;+2/p-2. The van der Waals surface area contributed by atoms with Gasteiger partial charge in [0, 0.05) is 12.4 Å². The first-order valence-corrected chi connectivity index (χ1v) is 8.80. The van der Waals surface area contributed by atoms with Crippen LogP contribution in [0.5, 0.6) is 0 Å². The van der Waals surface area contributed by atoms with Crippen molar-refractivity contribution in [3.05, 3.63) is 59.2 Å². The van der Waals surface area contributed by atoms with Crippen LogP contribution in [-0.4, -0.2) is 21.9 Å². The van der Waals surface area contributed by atoms with E-state index in [-0.39, 0.29) is 28.5 Å². The Morgan fingerprint density at radius 1 is 0.778 bits per heavy atom. The molecular formula is C20H24CuN2O4. The second kappa shape index (κ2) is 13.9. The molecule has 0 amide bonds. The number of carboxylic acids is 2. The molecule has 1 radical (unpaired) electrons. The number of unbranched alkanes of at least 4 members (excludes halogenated alkanes) is 2. The second-order valence-electron chi connectivity index (χ2n) is 5.89. The van der Waals surface area contributed by atoms with Gasteiger partial charge in [0.25, 0.3) is 0 Å². The Morgan fingerprint density at radius 3 is 1.37 bits per heavy atom. The Bertz CT molecular complexity index is 627. The molecule has 0 unspecified atom stereocenters. The van der Waals surface area contributed by atoms with Gasteiger partial charge in [0.05, 0.1) is 23.3 Å². The van der Waals surface area contributed by atoms with Crippen molar-refractivity contribution in [2.24, 2.45) is 0 Å². The van der Waals surface area contributed by atoms with Gasteiger partial charge in [0.15, 0.2) is 0 Å². The quantitative estimate of drug-likeness (QED) is 0.601. The van der Waals surface area contributed by atoms with Crippen LogP contribution < -0.4 is 10.2 Å². The van der Waals surface area contributed by atoms with Crippen LogP contribution in [0.15, 0.2) is 36.7 Å². The minimum atomic E-state index is -1.22. The van der Waals surface area contributed by atoms with E-state index in [0.29, 0.717) is 0 Å². The van der Waals surface area contributed by atoms with Gasteiger partial charge in [0.1, 0.15) is 0 Å². The van der Waals surface area contributed by atoms with Crippen LogP contribution >= 0.6 is 0 Å². The zero-order valence-corrected chi connectivity index (χ0v) is 16.5. The van der Waals surface area contributed by atoms with E-state index in [1.807, 2.05) is 0 Å². The fourth-order valence-electron chi connectivity index (χ4n) is 2.15. The van der Waals surface area contributed by atoms with Crippen LogP contribution in [0, 0.1) is 0 Å². The molecule has 0 bridgehead atoms. The molecule has 0 atom stereocenters. The smallest absolute Gasteiger partial charge is 0.543 e. The summed E-state index contributed by atoms with van der Waals surface area (Å²) in [5.41, 5.74) is 2.15. The van der Waals surface area contributed by atoms with E-state index in [4.69, 9.17) is 0 Å². The zero-order chi connectivity index (χ0) is 19.4. The molecule has 27 heavy (non-hydrogen) atoms. The number of carbonyl (C=O) groups excluding carboxylic acids is 2. The number of nitrogens with zero attached hydrogens (tertiary/aromatic N) is 2. The molecule has 0 saturated carbocycles. The number of pyridine rings is 2. The van der Waals surface area contributed by atoms with Gasteiger partial charge in [-0.1, -0.05) is 38.8 Å². The largest absolute Gasteiger partial charge is 2.00 e. The van der Waals surface area contributed by atoms with Crippen LogP contribution in [0.3, 0.4) is 0 Å². The molecule has 6 nitrogen and oxygen atoms in total. The second-order valence-corrected chi connectivity index (χ2v) is 5.89. The van der Waals surface area contributed by atoms with Crippen LogP contribution in [0.25, 0.3) is 0 Å². The maximum atomic E-state index is 10.4. The molecule has 0 fully saturated rings. The third-order valence-corrected chi connectivity index (χ3v) is 3.71. The summed E-state index contributed by atoms with van der Waals surface area (Å²) in [5, 5.41) is 20.7. The van der Waals surface area contributed by atoms with Crippen molar-refractivity contribution in [2.75, 3.05) is 0 Å². The van der Waals surface area contributed by atoms with Gasteiger partial charge < -0.3 is 19.8 Å². The van der Waals surface area contributed by atoms with Gasteiger partial charge in [-0.15, -0.1) is 0 Å². The molecule has 2 aromatic heterocycles. The van der Waals surface area contributed by atoms with E-state index in [1.54, 1.807) is 24.5 Å². The van der Waals surface area contributed by atoms with E-state index < -0.39 is 11.9 Å². The molecule has 0 aromatic carbocycles. The molecule has 0 saturated heterocycles. The molecule has 2 rings (SSSR count). The van der Waals surface area contributed by atoms with Crippen LogP contribution in [0.2, 0.25) is 0 Å². The number of rotatable bonds is 8. The first-order valence-electron chi connectivity index (χ1n) is 8.80. The molecule has 2 heterocycles. The third-order valence-electron chi connectivity index (χ3n) is 3.71. The topological polar surface area (TPSA) is 106 Å². The van der Waals surface area contributed by atoms with Crippen molar-refractivity contribution in [3.63, 3.8) is 0 Å². The van der Waals surface area contributed by atoms with Crippen molar-refractivity contribution in [1.29, 1.82) is 0 Å². The van der Waals surface area contributed by atoms with Crippen LogP contribution in [0.1, 0.15) is 71.6 Å². The van der Waals surface area contributed by atoms with Crippen molar-refractivity contribution in [2.45, 2.75) is 52.4 Å². The molecule has 0 aliphatic rings. The zero-order valence-electron chi connectivity index (χ0n) is 15.5. The number of aryl methyl sites for hydroxylation is 2. The number of hydrogen-bond donors (Lipinski definition) is 0. The summed E-state index contributed by atoms with van der Waals surface area (Å²) in [5.74, 6) is -2.44. The van der Waals surface area contributed by atoms with Gasteiger partial charge >= 0.3 is 17.1 Å². The fourth-order valence-corrected chi connectivity index (χ4v) is 2.15. The normalized spacial score (nSPS) is 9.56. The minimum absolute atomic E-state index is 0. The predicted molar refractivity (Wildman–Crippen MR) is 94.4 cm³/mol. The number of hydrogen-bond acceptors (Lipinski definition) is 6. The Morgan fingerprint density at radius 2 is 1.15 bits per heavy atom. The van der Waals surface area contributed by atoms with E-state index in [1.165, 1.54) is 12.1 Å². The molecule has 0 spiro atoms. The average molecular weight is 420 g/mol. The molecule has 2 aromatic rings. The van der Waals surface area contributed by atoms with E-state index in [9.17, 15) is 19.8 Å². The monoisotopic (exact) mass is 419 g/mol. The Kier molecular flexibility index (Phi) is 12.7. The Hall–Kier alpha value is -2.24. The first-order chi connectivity index (χ1) is 12.5. The summed E-state index contributed by atoms with van der Waals surface area (Å²) in [6.07, 6.45) is 9.57. The Balaban J connectivity index is 0.000000483. The van der Waals surface area contributed by atoms with E-state index >= 15 is 0 Å². The molecule has 7 heteroatoms. The van der Waals surface area contributed by atoms with Gasteiger partial charge in [-0.2, -0.15) is 0 Å². The van der Waals surface area contributed by atoms with Crippen LogP contribution in [-0.2, 0) is 29.9 Å². The van der Waals surface area contributed by atoms with Gasteiger partial charge in [-0.05, 0) is 48.9 Å². The van der Waals surface area contributed by atoms with Crippen molar-refractivity contribution in [1.82, 2.24) is 9.97 Å². The predicted octanol–water partition coefficient (Wildman–Crippen LogP) is 1.57.